The number of hydrogen-bond donors (Lipinski definition) is 2. The van der Waals surface area contributed by atoms with E-state index >= 15 is 0 Å². The molecule has 4 heteroatoms. The van der Waals surface area contributed by atoms with Gasteiger partial charge in [-0.1, -0.05) is 19.8 Å². The van der Waals surface area contributed by atoms with Gasteiger partial charge in [-0.2, -0.15) is 0 Å². The third-order valence-electron chi connectivity index (χ3n) is 4.14. The van der Waals surface area contributed by atoms with Gasteiger partial charge in [0.25, 0.3) is 0 Å². The molecule has 1 aliphatic heterocycles. The van der Waals surface area contributed by atoms with Crippen LogP contribution in [0, 0.1) is 5.92 Å². The summed E-state index contributed by atoms with van der Waals surface area (Å²) >= 11 is 0. The first-order valence-electron chi connectivity index (χ1n) is 8.35. The van der Waals surface area contributed by atoms with Gasteiger partial charge in [0.2, 0.25) is 5.91 Å². The summed E-state index contributed by atoms with van der Waals surface area (Å²) in [6.07, 6.45) is 8.11. The molecule has 1 heterocycles. The Hall–Kier alpha value is -0.610. The number of piperidine rings is 1. The van der Waals surface area contributed by atoms with Crippen molar-refractivity contribution in [2.45, 2.75) is 64.8 Å². The van der Waals surface area contributed by atoms with E-state index in [1.54, 1.807) is 0 Å². The molecular weight excluding hydrogens is 250 g/mol. The van der Waals surface area contributed by atoms with Crippen LogP contribution in [0.5, 0.6) is 0 Å². The molecule has 0 radical (unpaired) electrons. The molecule has 1 rings (SSSR count). The molecule has 0 aromatic rings. The van der Waals surface area contributed by atoms with Crippen molar-refractivity contribution in [2.24, 2.45) is 11.7 Å². The molecule has 3 N–H and O–H groups in total. The minimum Gasteiger partial charge on any atom is -0.356 e. The Morgan fingerprint density at radius 1 is 1.15 bits per heavy atom. The Morgan fingerprint density at radius 3 is 2.50 bits per heavy atom. The average molecular weight is 283 g/mol. The number of likely N-dealkylation sites (tertiary alicyclic amines) is 1. The smallest absolute Gasteiger partial charge is 0.222 e. The molecule has 0 bridgehead atoms. The second-order valence-electron chi connectivity index (χ2n) is 6.36. The summed E-state index contributed by atoms with van der Waals surface area (Å²) in [4.78, 5) is 14.4. The van der Waals surface area contributed by atoms with E-state index in [1.807, 2.05) is 13.8 Å². The average Bonchev–Trinajstić information content (AvgIpc) is 2.44. The fraction of sp³-hybridized carbons (Fsp3) is 0.938. The van der Waals surface area contributed by atoms with E-state index in [4.69, 9.17) is 5.73 Å². The zero-order chi connectivity index (χ0) is 14.8. The molecule has 1 amide bonds. The predicted molar refractivity (Wildman–Crippen MR) is 84.6 cm³/mol. The largest absolute Gasteiger partial charge is 0.356 e. The van der Waals surface area contributed by atoms with Crippen molar-refractivity contribution >= 4 is 5.91 Å². The van der Waals surface area contributed by atoms with Crippen molar-refractivity contribution in [3.8, 4) is 0 Å². The predicted octanol–water partition coefficient (Wildman–Crippen LogP) is 2.13. The lowest BCUT2D eigenvalue weighted by atomic mass is 10.0. The van der Waals surface area contributed by atoms with Crippen LogP contribution in [0.3, 0.4) is 0 Å². The number of rotatable bonds is 9. The molecule has 2 atom stereocenters. The SMILES string of the molecule is CC(N)CCCC(C)C(=O)NCCCN1CCCCC1. The second-order valence-corrected chi connectivity index (χ2v) is 6.36. The monoisotopic (exact) mass is 283 g/mol. The number of carbonyl (C=O) groups is 1. The van der Waals surface area contributed by atoms with Crippen molar-refractivity contribution < 1.29 is 4.79 Å². The van der Waals surface area contributed by atoms with Crippen LogP contribution < -0.4 is 11.1 Å². The number of nitrogens with two attached hydrogens (primary N) is 1. The zero-order valence-corrected chi connectivity index (χ0v) is 13.4. The van der Waals surface area contributed by atoms with Crippen LogP contribution in [0.2, 0.25) is 0 Å². The van der Waals surface area contributed by atoms with Crippen molar-refractivity contribution in [3.63, 3.8) is 0 Å². The van der Waals surface area contributed by atoms with Crippen LogP contribution in [0.1, 0.15) is 58.8 Å². The lowest BCUT2D eigenvalue weighted by Crippen LogP contribution is -2.34. The Labute approximate surface area is 124 Å². The van der Waals surface area contributed by atoms with Crippen molar-refractivity contribution in [1.29, 1.82) is 0 Å². The molecule has 20 heavy (non-hydrogen) atoms. The van der Waals surface area contributed by atoms with E-state index in [0.29, 0.717) is 0 Å². The van der Waals surface area contributed by atoms with E-state index in [9.17, 15) is 4.79 Å². The number of nitrogens with zero attached hydrogens (tertiary/aromatic N) is 1. The van der Waals surface area contributed by atoms with Crippen LogP contribution in [0.25, 0.3) is 0 Å². The Morgan fingerprint density at radius 2 is 1.85 bits per heavy atom. The molecule has 1 saturated heterocycles. The van der Waals surface area contributed by atoms with E-state index in [1.165, 1.54) is 32.4 Å². The first-order valence-corrected chi connectivity index (χ1v) is 8.35. The maximum Gasteiger partial charge on any atom is 0.222 e. The summed E-state index contributed by atoms with van der Waals surface area (Å²) in [5, 5.41) is 3.06. The first-order chi connectivity index (χ1) is 9.59. The fourth-order valence-corrected chi connectivity index (χ4v) is 2.75. The molecule has 0 aliphatic carbocycles. The highest BCUT2D eigenvalue weighted by Gasteiger charge is 2.13. The third-order valence-corrected chi connectivity index (χ3v) is 4.14. The normalized spacial score (nSPS) is 19.6. The van der Waals surface area contributed by atoms with E-state index in [0.717, 1.165) is 38.8 Å². The molecule has 2 unspecified atom stereocenters. The quantitative estimate of drug-likeness (QED) is 0.637. The highest BCUT2D eigenvalue weighted by molar-refractivity contribution is 5.78. The van der Waals surface area contributed by atoms with Crippen LogP contribution in [-0.4, -0.2) is 43.0 Å². The van der Waals surface area contributed by atoms with Crippen LogP contribution in [0.15, 0.2) is 0 Å². The van der Waals surface area contributed by atoms with Crippen LogP contribution in [0.4, 0.5) is 0 Å². The summed E-state index contributed by atoms with van der Waals surface area (Å²) in [5.41, 5.74) is 5.72. The van der Waals surface area contributed by atoms with Gasteiger partial charge < -0.3 is 16.0 Å². The lowest BCUT2D eigenvalue weighted by Gasteiger charge is -2.26. The van der Waals surface area contributed by atoms with Gasteiger partial charge in [-0.15, -0.1) is 0 Å². The lowest BCUT2D eigenvalue weighted by molar-refractivity contribution is -0.124. The molecule has 0 aromatic heterocycles. The standard InChI is InChI=1S/C16H33N3O/c1-14(8-6-9-15(2)17)16(20)18-10-7-13-19-11-4-3-5-12-19/h14-15H,3-13,17H2,1-2H3,(H,18,20). The van der Waals surface area contributed by atoms with E-state index in [2.05, 4.69) is 10.2 Å². The molecule has 0 aromatic carbocycles. The number of hydrogen-bond acceptors (Lipinski definition) is 3. The topological polar surface area (TPSA) is 58.4 Å². The van der Waals surface area contributed by atoms with Crippen molar-refractivity contribution in [2.75, 3.05) is 26.2 Å². The molecule has 1 aliphatic rings. The van der Waals surface area contributed by atoms with Gasteiger partial charge >= 0.3 is 0 Å². The van der Waals surface area contributed by atoms with Gasteiger partial charge in [0, 0.05) is 18.5 Å². The highest BCUT2D eigenvalue weighted by Crippen LogP contribution is 2.10. The van der Waals surface area contributed by atoms with Crippen LogP contribution >= 0.6 is 0 Å². The van der Waals surface area contributed by atoms with Gasteiger partial charge in [0.1, 0.15) is 0 Å². The summed E-state index contributed by atoms with van der Waals surface area (Å²) in [7, 11) is 0. The summed E-state index contributed by atoms with van der Waals surface area (Å²) in [6.45, 7) is 8.45. The molecule has 1 fully saturated rings. The van der Waals surface area contributed by atoms with Gasteiger partial charge in [-0.25, -0.2) is 0 Å². The third kappa shape index (κ3) is 7.85. The molecule has 0 spiro atoms. The van der Waals surface area contributed by atoms with E-state index < -0.39 is 0 Å². The molecule has 118 valence electrons. The van der Waals surface area contributed by atoms with Gasteiger partial charge in [-0.3, -0.25) is 4.79 Å². The molecule has 4 nitrogen and oxygen atoms in total. The minimum atomic E-state index is 0.115. The van der Waals surface area contributed by atoms with Crippen LogP contribution in [-0.2, 0) is 4.79 Å². The first kappa shape index (κ1) is 17.4. The highest BCUT2D eigenvalue weighted by atomic mass is 16.1. The maximum atomic E-state index is 11.9. The Bertz CT molecular complexity index is 262. The van der Waals surface area contributed by atoms with Crippen molar-refractivity contribution in [1.82, 2.24) is 10.2 Å². The Kier molecular flexibility index (Phi) is 8.86. The second kappa shape index (κ2) is 10.2. The number of nitrogens with one attached hydrogen (secondary N) is 1. The minimum absolute atomic E-state index is 0.115. The van der Waals surface area contributed by atoms with Crippen molar-refractivity contribution in [3.05, 3.63) is 0 Å². The zero-order valence-electron chi connectivity index (χ0n) is 13.4. The van der Waals surface area contributed by atoms with Gasteiger partial charge in [0.15, 0.2) is 0 Å². The Balaban J connectivity index is 2.00. The number of amides is 1. The molecule has 0 saturated carbocycles. The summed E-state index contributed by atoms with van der Waals surface area (Å²) < 4.78 is 0. The summed E-state index contributed by atoms with van der Waals surface area (Å²) in [5.74, 6) is 0.317. The van der Waals surface area contributed by atoms with Gasteiger partial charge in [0.05, 0.1) is 0 Å². The molecular formula is C16H33N3O. The summed E-state index contributed by atoms with van der Waals surface area (Å²) in [6, 6.07) is 0.245. The van der Waals surface area contributed by atoms with Gasteiger partial charge in [-0.05, 0) is 58.7 Å². The number of carbonyl (C=O) groups excluding carboxylic acids is 1. The van der Waals surface area contributed by atoms with E-state index in [-0.39, 0.29) is 17.9 Å². The maximum absolute atomic E-state index is 11.9. The fourth-order valence-electron chi connectivity index (χ4n) is 2.75.